The summed E-state index contributed by atoms with van der Waals surface area (Å²) in [6.45, 7) is 7.45. The van der Waals surface area contributed by atoms with E-state index in [1.807, 2.05) is 12.1 Å². The van der Waals surface area contributed by atoms with E-state index in [1.54, 1.807) is 14.2 Å². The fourth-order valence-electron chi connectivity index (χ4n) is 2.82. The molecule has 3 nitrogen and oxygen atoms in total. The van der Waals surface area contributed by atoms with Crippen molar-refractivity contribution in [3.05, 3.63) is 28.8 Å². The molecule has 0 aromatic heterocycles. The van der Waals surface area contributed by atoms with Gasteiger partial charge in [-0.25, -0.2) is 0 Å². The first-order chi connectivity index (χ1) is 10.1. The van der Waals surface area contributed by atoms with Gasteiger partial charge in [0.25, 0.3) is 0 Å². The summed E-state index contributed by atoms with van der Waals surface area (Å²) in [5.74, 6) is 0.703. The molecular formula is C17H28ClNO2. The Kier molecular flexibility index (Phi) is 7.50. The van der Waals surface area contributed by atoms with Crippen LogP contribution in [-0.4, -0.2) is 26.4 Å². The van der Waals surface area contributed by atoms with E-state index in [1.165, 1.54) is 0 Å². The lowest BCUT2D eigenvalue weighted by molar-refractivity contribution is -0.0485. The highest BCUT2D eigenvalue weighted by Crippen LogP contribution is 2.37. The number of halogens is 1. The third kappa shape index (κ3) is 4.12. The Balaban J connectivity index is 3.23. The second-order valence-corrected chi connectivity index (χ2v) is 5.66. The predicted molar refractivity (Wildman–Crippen MR) is 89.4 cm³/mol. The minimum absolute atomic E-state index is 0.114. The number of benzene rings is 1. The van der Waals surface area contributed by atoms with Gasteiger partial charge < -0.3 is 14.8 Å². The highest BCUT2D eigenvalue weighted by atomic mass is 35.5. The van der Waals surface area contributed by atoms with Gasteiger partial charge in [-0.3, -0.25) is 0 Å². The van der Waals surface area contributed by atoms with Crippen LogP contribution in [0.15, 0.2) is 18.2 Å². The molecule has 120 valence electrons. The van der Waals surface area contributed by atoms with E-state index in [0.717, 1.165) is 31.4 Å². The van der Waals surface area contributed by atoms with Crippen molar-refractivity contribution in [2.45, 2.75) is 51.7 Å². The van der Waals surface area contributed by atoms with E-state index < -0.39 is 0 Å². The summed E-state index contributed by atoms with van der Waals surface area (Å²) in [6, 6.07) is 6.07. The van der Waals surface area contributed by atoms with E-state index in [2.05, 4.69) is 32.2 Å². The quantitative estimate of drug-likeness (QED) is 0.723. The number of nitrogens with one attached hydrogen (secondary N) is 1. The fourth-order valence-corrected chi connectivity index (χ4v) is 3.01. The normalized spacial score (nSPS) is 13.2. The molecule has 1 aromatic rings. The molecule has 1 aromatic carbocycles. The van der Waals surface area contributed by atoms with Crippen LogP contribution in [0.2, 0.25) is 5.02 Å². The molecule has 0 saturated carbocycles. The van der Waals surface area contributed by atoms with Crippen LogP contribution >= 0.6 is 11.6 Å². The first kappa shape index (κ1) is 18.3. The van der Waals surface area contributed by atoms with E-state index in [9.17, 15) is 0 Å². The Morgan fingerprint density at radius 1 is 1.19 bits per heavy atom. The van der Waals surface area contributed by atoms with Crippen LogP contribution in [0.25, 0.3) is 0 Å². The topological polar surface area (TPSA) is 30.5 Å². The lowest BCUT2D eigenvalue weighted by Crippen LogP contribution is -2.45. The van der Waals surface area contributed by atoms with Gasteiger partial charge in [0.05, 0.1) is 23.8 Å². The van der Waals surface area contributed by atoms with Crippen LogP contribution in [0.5, 0.6) is 5.75 Å². The van der Waals surface area contributed by atoms with E-state index >= 15 is 0 Å². The molecule has 4 heteroatoms. The third-order valence-electron chi connectivity index (χ3n) is 4.24. The monoisotopic (exact) mass is 313 g/mol. The number of methoxy groups -OCH3 is 2. The molecule has 0 bridgehead atoms. The predicted octanol–water partition coefficient (Wildman–Crippen LogP) is 4.59. The van der Waals surface area contributed by atoms with Crippen molar-refractivity contribution in [1.29, 1.82) is 0 Å². The van der Waals surface area contributed by atoms with Crippen LogP contribution in [0.4, 0.5) is 0 Å². The van der Waals surface area contributed by atoms with E-state index in [4.69, 9.17) is 21.1 Å². The number of rotatable bonds is 9. The average Bonchev–Trinajstić information content (AvgIpc) is 2.53. The van der Waals surface area contributed by atoms with Crippen LogP contribution in [0, 0.1) is 0 Å². The van der Waals surface area contributed by atoms with Crippen molar-refractivity contribution in [1.82, 2.24) is 5.32 Å². The van der Waals surface area contributed by atoms with Crippen LogP contribution in [0.3, 0.4) is 0 Å². The van der Waals surface area contributed by atoms with Crippen molar-refractivity contribution < 1.29 is 9.47 Å². The zero-order valence-corrected chi connectivity index (χ0v) is 14.6. The van der Waals surface area contributed by atoms with Crippen molar-refractivity contribution in [3.63, 3.8) is 0 Å². The lowest BCUT2D eigenvalue weighted by atomic mass is 9.83. The summed E-state index contributed by atoms with van der Waals surface area (Å²) >= 11 is 6.14. The van der Waals surface area contributed by atoms with Gasteiger partial charge in [0.15, 0.2) is 0 Å². The fraction of sp³-hybridized carbons (Fsp3) is 0.647. The second kappa shape index (κ2) is 8.62. The van der Waals surface area contributed by atoms with Crippen molar-refractivity contribution >= 4 is 11.6 Å². The summed E-state index contributed by atoms with van der Waals surface area (Å²) in [5, 5.41) is 4.26. The SMILES string of the molecule is CCCNC(c1ccc(Cl)c(OC)c1)C(CC)(CC)OC. The summed E-state index contributed by atoms with van der Waals surface area (Å²) in [5.41, 5.74) is 0.920. The zero-order valence-electron chi connectivity index (χ0n) is 13.8. The summed E-state index contributed by atoms with van der Waals surface area (Å²) in [4.78, 5) is 0. The Bertz CT molecular complexity index is 425. The number of hydrogen-bond donors (Lipinski definition) is 1. The van der Waals surface area contributed by atoms with Crippen LogP contribution in [-0.2, 0) is 4.74 Å². The molecular weight excluding hydrogens is 286 g/mol. The molecule has 1 atom stereocenters. The van der Waals surface area contributed by atoms with Crippen molar-refractivity contribution in [3.8, 4) is 5.75 Å². The van der Waals surface area contributed by atoms with Gasteiger partial charge in [-0.15, -0.1) is 0 Å². The van der Waals surface area contributed by atoms with Gasteiger partial charge in [-0.1, -0.05) is 38.4 Å². The highest BCUT2D eigenvalue weighted by Gasteiger charge is 2.36. The first-order valence-corrected chi connectivity index (χ1v) is 8.08. The summed E-state index contributed by atoms with van der Waals surface area (Å²) in [6.07, 6.45) is 2.95. The molecule has 0 aliphatic heterocycles. The van der Waals surface area contributed by atoms with Gasteiger partial charge in [0.2, 0.25) is 0 Å². The Morgan fingerprint density at radius 2 is 1.86 bits per heavy atom. The molecule has 0 spiro atoms. The molecule has 0 radical (unpaired) electrons. The second-order valence-electron chi connectivity index (χ2n) is 5.26. The van der Waals surface area contributed by atoms with E-state index in [0.29, 0.717) is 10.8 Å². The smallest absolute Gasteiger partial charge is 0.137 e. The molecule has 0 heterocycles. The molecule has 1 unspecified atom stereocenters. The molecule has 0 saturated heterocycles. The van der Waals surface area contributed by atoms with Crippen LogP contribution < -0.4 is 10.1 Å². The molecule has 0 aliphatic carbocycles. The average molecular weight is 314 g/mol. The van der Waals surface area contributed by atoms with E-state index in [-0.39, 0.29) is 11.6 Å². The molecule has 0 amide bonds. The zero-order chi connectivity index (χ0) is 15.9. The van der Waals surface area contributed by atoms with Crippen molar-refractivity contribution in [2.24, 2.45) is 0 Å². The van der Waals surface area contributed by atoms with Gasteiger partial charge >= 0.3 is 0 Å². The lowest BCUT2D eigenvalue weighted by Gasteiger charge is -2.39. The standard InChI is InChI=1S/C17H28ClNO2/c1-6-11-19-16(17(7-2,8-3)21-5)13-9-10-14(18)15(12-13)20-4/h9-10,12,16,19H,6-8,11H2,1-5H3. The Labute approximate surface area is 134 Å². The molecule has 0 fully saturated rings. The van der Waals surface area contributed by atoms with Gasteiger partial charge in [-0.05, 0) is 43.5 Å². The Hall–Kier alpha value is -0.770. The minimum atomic E-state index is -0.228. The Morgan fingerprint density at radius 3 is 2.33 bits per heavy atom. The summed E-state index contributed by atoms with van der Waals surface area (Å²) in [7, 11) is 3.43. The van der Waals surface area contributed by atoms with Gasteiger partial charge in [0, 0.05) is 7.11 Å². The van der Waals surface area contributed by atoms with Crippen LogP contribution in [0.1, 0.15) is 51.6 Å². The maximum absolute atomic E-state index is 6.14. The van der Waals surface area contributed by atoms with Gasteiger partial charge in [0.1, 0.15) is 5.75 Å². The number of ether oxygens (including phenoxy) is 2. The van der Waals surface area contributed by atoms with Crippen molar-refractivity contribution in [2.75, 3.05) is 20.8 Å². The highest BCUT2D eigenvalue weighted by molar-refractivity contribution is 6.32. The first-order valence-electron chi connectivity index (χ1n) is 7.70. The maximum Gasteiger partial charge on any atom is 0.137 e. The molecule has 1 N–H and O–H groups in total. The largest absolute Gasteiger partial charge is 0.495 e. The summed E-state index contributed by atoms with van der Waals surface area (Å²) < 4.78 is 11.3. The maximum atomic E-state index is 6.14. The molecule has 1 rings (SSSR count). The third-order valence-corrected chi connectivity index (χ3v) is 4.55. The molecule has 21 heavy (non-hydrogen) atoms. The van der Waals surface area contributed by atoms with Gasteiger partial charge in [-0.2, -0.15) is 0 Å². The molecule has 0 aliphatic rings. The minimum Gasteiger partial charge on any atom is -0.495 e. The number of hydrogen-bond acceptors (Lipinski definition) is 3.